The maximum Gasteiger partial charge on any atom is 0.162 e. The Morgan fingerprint density at radius 2 is 1.28 bits per heavy atom. The highest BCUT2D eigenvalue weighted by Crippen LogP contribution is 2.32. The lowest BCUT2D eigenvalue weighted by molar-refractivity contribution is -0.276. The fourth-order valence-corrected chi connectivity index (χ4v) is 4.40. The minimum Gasteiger partial charge on any atom is -0.396 e. The Balaban J connectivity index is 0. The number of Topliss-reactive ketones (excluding diaryl/α,β-unsaturated/α-hetero) is 1. The fraction of sp³-hybridized carbons (Fsp3) is 0.938. The zero-order valence-corrected chi connectivity index (χ0v) is 21.6. The van der Waals surface area contributed by atoms with Crippen molar-refractivity contribution >= 4 is 69.5 Å². The molecule has 0 unspecified atom stereocenters. The van der Waals surface area contributed by atoms with Crippen molar-refractivity contribution in [3.63, 3.8) is 0 Å². The molecule has 0 aromatic carbocycles. The van der Waals surface area contributed by atoms with E-state index in [-0.39, 0.29) is 29.8 Å². The summed E-state index contributed by atoms with van der Waals surface area (Å²) in [5.41, 5.74) is -0.282. The molecule has 1 aliphatic heterocycles. The van der Waals surface area contributed by atoms with Gasteiger partial charge in [-0.1, -0.05) is 63.7 Å². The molecular weight excluding hydrogens is 592 g/mol. The first kappa shape index (κ1) is 28.6. The number of ether oxygens (including phenoxy) is 2. The van der Waals surface area contributed by atoms with Gasteiger partial charge in [-0.25, -0.2) is 0 Å². The van der Waals surface area contributed by atoms with Gasteiger partial charge in [-0.15, -0.1) is 0 Å². The summed E-state index contributed by atoms with van der Waals surface area (Å²) in [5, 5.41) is 20.5. The van der Waals surface area contributed by atoms with E-state index in [4.69, 9.17) is 19.7 Å². The van der Waals surface area contributed by atoms with Gasteiger partial charge in [-0.2, -0.15) is 0 Å². The molecular formula is C16H30Br4O5. The van der Waals surface area contributed by atoms with Crippen LogP contribution < -0.4 is 0 Å². The van der Waals surface area contributed by atoms with Crippen molar-refractivity contribution in [2.24, 2.45) is 10.8 Å². The number of hydrogen-bond acceptors (Lipinski definition) is 5. The predicted octanol–water partition coefficient (Wildman–Crippen LogP) is 3.89. The van der Waals surface area contributed by atoms with Crippen LogP contribution in [0.4, 0.5) is 0 Å². The van der Waals surface area contributed by atoms with Crippen molar-refractivity contribution in [2.75, 3.05) is 47.7 Å². The Morgan fingerprint density at radius 3 is 1.44 bits per heavy atom. The van der Waals surface area contributed by atoms with E-state index in [1.807, 2.05) is 13.8 Å². The fourth-order valence-electron chi connectivity index (χ4n) is 1.18. The van der Waals surface area contributed by atoms with E-state index >= 15 is 0 Å². The summed E-state index contributed by atoms with van der Waals surface area (Å²) in [6.45, 7) is 8.44. The second-order valence-electron chi connectivity index (χ2n) is 6.74. The molecule has 1 aliphatic rings. The molecule has 2 N–H and O–H groups in total. The first-order valence-electron chi connectivity index (χ1n) is 7.72. The molecule has 1 fully saturated rings. The molecule has 1 saturated heterocycles. The number of ketones is 1. The van der Waals surface area contributed by atoms with Gasteiger partial charge < -0.3 is 24.5 Å². The van der Waals surface area contributed by atoms with E-state index in [0.717, 1.165) is 23.9 Å². The maximum absolute atomic E-state index is 9.44. The molecule has 25 heavy (non-hydrogen) atoms. The van der Waals surface area contributed by atoms with E-state index in [1.165, 1.54) is 13.8 Å². The minimum atomic E-state index is -0.409. The van der Waals surface area contributed by atoms with E-state index in [0.29, 0.717) is 10.7 Å². The zero-order chi connectivity index (χ0) is 20.1. The van der Waals surface area contributed by atoms with Gasteiger partial charge in [0.1, 0.15) is 5.78 Å². The summed E-state index contributed by atoms with van der Waals surface area (Å²) in [4.78, 5) is 9.44. The average Bonchev–Trinajstić information content (AvgIpc) is 2.58. The molecule has 1 heterocycles. The molecule has 0 aliphatic carbocycles. The number of hydrogen-bond donors (Lipinski definition) is 2. The van der Waals surface area contributed by atoms with Crippen molar-refractivity contribution in [1.29, 1.82) is 0 Å². The quantitative estimate of drug-likeness (QED) is 0.441. The molecule has 5 nitrogen and oxygen atoms in total. The third-order valence-corrected chi connectivity index (χ3v) is 8.01. The molecule has 0 saturated carbocycles. The van der Waals surface area contributed by atoms with Crippen molar-refractivity contribution in [3.05, 3.63) is 0 Å². The van der Waals surface area contributed by atoms with Crippen LogP contribution in [0, 0.1) is 10.8 Å². The molecule has 0 radical (unpaired) electrons. The van der Waals surface area contributed by atoms with E-state index < -0.39 is 5.79 Å². The molecule has 1 rings (SSSR count). The van der Waals surface area contributed by atoms with Gasteiger partial charge in [-0.05, 0) is 27.7 Å². The Bertz CT molecular complexity index is 325. The van der Waals surface area contributed by atoms with Crippen LogP contribution in [0.25, 0.3) is 0 Å². The molecule has 0 aromatic heterocycles. The molecule has 0 atom stereocenters. The molecule has 0 aromatic rings. The van der Waals surface area contributed by atoms with Gasteiger partial charge in [0.2, 0.25) is 0 Å². The highest BCUT2D eigenvalue weighted by atomic mass is 79.9. The van der Waals surface area contributed by atoms with Gasteiger partial charge in [0.25, 0.3) is 0 Å². The van der Waals surface area contributed by atoms with Crippen molar-refractivity contribution in [2.45, 2.75) is 33.5 Å². The monoisotopic (exact) mass is 618 g/mol. The van der Waals surface area contributed by atoms with Gasteiger partial charge in [0, 0.05) is 32.2 Å². The Labute approximate surface area is 185 Å². The molecule has 0 amide bonds. The third-order valence-electron chi connectivity index (χ3n) is 3.26. The molecule has 0 bridgehead atoms. The third kappa shape index (κ3) is 12.5. The second-order valence-corrected chi connectivity index (χ2v) is 8.98. The number of carbonyl (C=O) groups excluding carboxylic acids is 1. The first-order valence-corrected chi connectivity index (χ1v) is 12.2. The summed E-state index contributed by atoms with van der Waals surface area (Å²) >= 11 is 13.4. The number of carbonyl (C=O) groups is 1. The van der Waals surface area contributed by atoms with Crippen LogP contribution >= 0.6 is 63.7 Å². The van der Waals surface area contributed by atoms with Crippen LogP contribution in [0.15, 0.2) is 0 Å². The van der Waals surface area contributed by atoms with Gasteiger partial charge >= 0.3 is 0 Å². The summed E-state index contributed by atoms with van der Waals surface area (Å²) in [5.74, 6) is -0.242. The number of aliphatic hydroxyl groups is 2. The zero-order valence-electron chi connectivity index (χ0n) is 15.3. The standard InChI is InChI=1S/C8H14Br2O2.C5H10Br2O2.C3H6O/c1-7(2)11-5-8(3-9,4-10)6-12-7;6-1-5(2-7,3-8)4-9;1-3(2)4/h3-6H2,1-2H3;8-9H,1-4H2;1-2H3. The van der Waals surface area contributed by atoms with E-state index in [9.17, 15) is 4.79 Å². The van der Waals surface area contributed by atoms with Crippen LogP contribution in [0.1, 0.15) is 27.7 Å². The Morgan fingerprint density at radius 1 is 0.960 bits per heavy atom. The number of rotatable bonds is 6. The van der Waals surface area contributed by atoms with E-state index in [2.05, 4.69) is 63.7 Å². The van der Waals surface area contributed by atoms with Crippen LogP contribution in [-0.4, -0.2) is 69.5 Å². The molecule has 9 heteroatoms. The molecule has 0 spiro atoms. The lowest BCUT2D eigenvalue weighted by atomic mass is 9.95. The summed E-state index contributed by atoms with van der Waals surface area (Å²) in [6, 6.07) is 0. The topological polar surface area (TPSA) is 76.0 Å². The lowest BCUT2D eigenvalue weighted by Crippen LogP contribution is -2.48. The van der Waals surface area contributed by atoms with Gasteiger partial charge in [0.15, 0.2) is 5.79 Å². The average molecular weight is 622 g/mol. The number of halogens is 4. The van der Waals surface area contributed by atoms with E-state index in [1.54, 1.807) is 0 Å². The maximum atomic E-state index is 9.44. The Hall–Kier alpha value is 1.43. The summed E-state index contributed by atoms with van der Waals surface area (Å²) < 4.78 is 11.2. The largest absolute Gasteiger partial charge is 0.396 e. The van der Waals surface area contributed by atoms with Crippen LogP contribution in [0.3, 0.4) is 0 Å². The van der Waals surface area contributed by atoms with Crippen molar-refractivity contribution in [1.82, 2.24) is 0 Å². The van der Waals surface area contributed by atoms with Crippen LogP contribution in [0.2, 0.25) is 0 Å². The smallest absolute Gasteiger partial charge is 0.162 e. The normalized spacial score (nSPS) is 18.3. The highest BCUT2D eigenvalue weighted by molar-refractivity contribution is 9.10. The lowest BCUT2D eigenvalue weighted by Gasteiger charge is -2.41. The second kappa shape index (κ2) is 14.4. The summed E-state index contributed by atoms with van der Waals surface area (Å²) in [6.07, 6.45) is 0. The minimum absolute atomic E-state index is 0. The predicted molar refractivity (Wildman–Crippen MR) is 117 cm³/mol. The first-order chi connectivity index (χ1) is 11.5. The van der Waals surface area contributed by atoms with Gasteiger partial charge in [0.05, 0.1) is 26.4 Å². The number of alkyl halides is 4. The van der Waals surface area contributed by atoms with Crippen molar-refractivity contribution in [3.8, 4) is 0 Å². The molecule has 152 valence electrons. The highest BCUT2D eigenvalue weighted by Gasteiger charge is 2.38. The summed E-state index contributed by atoms with van der Waals surface area (Å²) in [7, 11) is 0. The SMILES string of the molecule is CC(C)=O.CC1(C)OCC(CBr)(CBr)CO1.OCC(CO)(CBr)CBr. The Kier molecular flexibility index (Phi) is 16.5. The van der Waals surface area contributed by atoms with Crippen molar-refractivity contribution < 1.29 is 24.5 Å². The van der Waals surface area contributed by atoms with Gasteiger partial charge in [-0.3, -0.25) is 0 Å². The number of aliphatic hydroxyl groups excluding tert-OH is 2. The van der Waals surface area contributed by atoms with Crippen LogP contribution in [-0.2, 0) is 14.3 Å². The van der Waals surface area contributed by atoms with Crippen LogP contribution in [0.5, 0.6) is 0 Å².